The molecule has 1 aromatic heterocycles. The molecule has 0 amide bonds. The first-order chi connectivity index (χ1) is 9.56. The number of ether oxygens (including phenoxy) is 1. The summed E-state index contributed by atoms with van der Waals surface area (Å²) >= 11 is 0. The van der Waals surface area contributed by atoms with Crippen LogP contribution in [0.5, 0.6) is 5.75 Å². The highest BCUT2D eigenvalue weighted by atomic mass is 16.5. The van der Waals surface area contributed by atoms with Gasteiger partial charge in [-0.2, -0.15) is 0 Å². The van der Waals surface area contributed by atoms with E-state index in [2.05, 4.69) is 9.97 Å². The molecule has 1 N–H and O–H groups in total. The molecular formula is C15H16N2O3. The Hall–Kier alpha value is -2.43. The van der Waals surface area contributed by atoms with Gasteiger partial charge < -0.3 is 9.84 Å². The third kappa shape index (κ3) is 3.54. The number of nitrogens with zero attached hydrogens (tertiary/aromatic N) is 2. The van der Waals surface area contributed by atoms with Crippen LogP contribution in [0, 0.1) is 13.8 Å². The van der Waals surface area contributed by atoms with E-state index >= 15 is 0 Å². The van der Waals surface area contributed by atoms with Gasteiger partial charge in [0.25, 0.3) is 0 Å². The molecule has 1 heterocycles. The van der Waals surface area contributed by atoms with Gasteiger partial charge in [0, 0.05) is 18.8 Å². The largest absolute Gasteiger partial charge is 0.493 e. The van der Waals surface area contributed by atoms with Crippen LogP contribution in [-0.4, -0.2) is 27.7 Å². The zero-order valence-electron chi connectivity index (χ0n) is 11.5. The normalized spacial score (nSPS) is 10.3. The lowest BCUT2D eigenvalue weighted by atomic mass is 10.1. The number of carboxylic acid groups (broad SMARTS) is 1. The maximum absolute atomic E-state index is 10.7. The molecule has 0 atom stereocenters. The van der Waals surface area contributed by atoms with Gasteiger partial charge in [0.05, 0.1) is 12.2 Å². The zero-order valence-corrected chi connectivity index (χ0v) is 11.5. The fraction of sp³-hybridized carbons (Fsp3) is 0.267. The minimum absolute atomic E-state index is 0.0872. The predicted molar refractivity (Wildman–Crippen MR) is 74.1 cm³/mol. The fourth-order valence-electron chi connectivity index (χ4n) is 1.71. The van der Waals surface area contributed by atoms with Crippen molar-refractivity contribution < 1.29 is 14.6 Å². The van der Waals surface area contributed by atoms with Crippen molar-refractivity contribution in [2.75, 3.05) is 6.61 Å². The number of aryl methyl sites for hydroxylation is 2. The van der Waals surface area contributed by atoms with Crippen molar-refractivity contribution in [2.24, 2.45) is 0 Å². The molecule has 0 aliphatic rings. The summed E-state index contributed by atoms with van der Waals surface area (Å²) in [4.78, 5) is 18.7. The number of rotatable bonds is 5. The summed E-state index contributed by atoms with van der Waals surface area (Å²) in [5.74, 6) is 0.399. The maximum Gasteiger partial charge on any atom is 0.338 e. The third-order valence-corrected chi connectivity index (χ3v) is 2.88. The highest BCUT2D eigenvalue weighted by molar-refractivity contribution is 5.86. The van der Waals surface area contributed by atoms with Crippen LogP contribution in [0.3, 0.4) is 0 Å². The molecule has 5 nitrogen and oxygen atoms in total. The Morgan fingerprint density at radius 1 is 1.25 bits per heavy atom. The molecular weight excluding hydrogens is 256 g/mol. The topological polar surface area (TPSA) is 72.3 Å². The zero-order chi connectivity index (χ0) is 14.5. The summed E-state index contributed by atoms with van der Waals surface area (Å²) in [6.07, 6.45) is 3.15. The molecule has 0 spiro atoms. The molecule has 1 aromatic carbocycles. The summed E-state index contributed by atoms with van der Waals surface area (Å²) < 4.78 is 5.70. The molecule has 0 aliphatic heterocycles. The summed E-state index contributed by atoms with van der Waals surface area (Å²) in [7, 11) is 0. The monoisotopic (exact) mass is 272 g/mol. The summed E-state index contributed by atoms with van der Waals surface area (Å²) in [6.45, 7) is 4.46. The summed E-state index contributed by atoms with van der Waals surface area (Å²) in [5, 5.41) is 8.75. The van der Waals surface area contributed by atoms with Crippen molar-refractivity contribution in [2.45, 2.75) is 20.3 Å². The Kier molecular flexibility index (Phi) is 4.30. The van der Waals surface area contributed by atoms with Crippen molar-refractivity contribution in [3.63, 3.8) is 0 Å². The molecule has 2 aromatic rings. The van der Waals surface area contributed by atoms with Crippen LogP contribution in [0.4, 0.5) is 0 Å². The minimum Gasteiger partial charge on any atom is -0.493 e. The number of hydrogen-bond donors (Lipinski definition) is 1. The second-order valence-electron chi connectivity index (χ2n) is 4.56. The average Bonchev–Trinajstić information content (AvgIpc) is 2.43. The van der Waals surface area contributed by atoms with Crippen LogP contribution in [0.1, 0.15) is 27.3 Å². The van der Waals surface area contributed by atoms with Gasteiger partial charge in [-0.25, -0.2) is 14.8 Å². The molecule has 0 unspecified atom stereocenters. The Labute approximate surface area is 117 Å². The van der Waals surface area contributed by atoms with Crippen LogP contribution in [0.2, 0.25) is 0 Å². The van der Waals surface area contributed by atoms with Crippen molar-refractivity contribution in [1.29, 1.82) is 0 Å². The van der Waals surface area contributed by atoms with E-state index in [4.69, 9.17) is 9.84 Å². The van der Waals surface area contributed by atoms with Crippen molar-refractivity contribution in [3.8, 4) is 5.75 Å². The number of hydrogen-bond acceptors (Lipinski definition) is 4. The summed E-state index contributed by atoms with van der Waals surface area (Å²) in [5.41, 5.74) is 2.31. The maximum atomic E-state index is 10.7. The van der Waals surface area contributed by atoms with Crippen molar-refractivity contribution >= 4 is 5.97 Å². The SMILES string of the molecule is Cc1ccc(C)c(OCCc2ncc(C(=O)O)cn2)c1. The van der Waals surface area contributed by atoms with Crippen LogP contribution < -0.4 is 4.74 Å². The molecule has 0 radical (unpaired) electrons. The van der Waals surface area contributed by atoms with E-state index in [1.54, 1.807) is 0 Å². The van der Waals surface area contributed by atoms with E-state index in [1.165, 1.54) is 12.4 Å². The van der Waals surface area contributed by atoms with Crippen LogP contribution in [-0.2, 0) is 6.42 Å². The van der Waals surface area contributed by atoms with E-state index < -0.39 is 5.97 Å². The lowest BCUT2D eigenvalue weighted by molar-refractivity contribution is 0.0696. The molecule has 0 fully saturated rings. The molecule has 104 valence electrons. The van der Waals surface area contributed by atoms with Crippen LogP contribution >= 0.6 is 0 Å². The predicted octanol–water partition coefficient (Wildman–Crippen LogP) is 2.41. The third-order valence-electron chi connectivity index (χ3n) is 2.88. The van der Waals surface area contributed by atoms with Gasteiger partial charge >= 0.3 is 5.97 Å². The van der Waals surface area contributed by atoms with E-state index in [1.807, 2.05) is 32.0 Å². The van der Waals surface area contributed by atoms with E-state index in [0.717, 1.165) is 16.9 Å². The lowest BCUT2D eigenvalue weighted by Crippen LogP contribution is -2.07. The second-order valence-corrected chi connectivity index (χ2v) is 4.56. The molecule has 0 saturated heterocycles. The number of carboxylic acids is 1. The standard InChI is InChI=1S/C15H16N2O3/c1-10-3-4-11(2)13(7-10)20-6-5-14-16-8-12(9-17-14)15(18)19/h3-4,7-9H,5-6H2,1-2H3,(H,18,19). The fourth-order valence-corrected chi connectivity index (χ4v) is 1.71. The second kappa shape index (κ2) is 6.14. The Bertz CT molecular complexity index is 609. The first-order valence-corrected chi connectivity index (χ1v) is 6.30. The van der Waals surface area contributed by atoms with Crippen LogP contribution in [0.15, 0.2) is 30.6 Å². The first kappa shape index (κ1) is 14.0. The Morgan fingerprint density at radius 2 is 1.95 bits per heavy atom. The van der Waals surface area contributed by atoms with Gasteiger partial charge in [0.15, 0.2) is 0 Å². The van der Waals surface area contributed by atoms with Crippen LogP contribution in [0.25, 0.3) is 0 Å². The highest BCUT2D eigenvalue weighted by Gasteiger charge is 2.05. The van der Waals surface area contributed by atoms with E-state index in [0.29, 0.717) is 18.9 Å². The van der Waals surface area contributed by atoms with Gasteiger partial charge in [-0.05, 0) is 31.0 Å². The van der Waals surface area contributed by atoms with Gasteiger partial charge in [-0.1, -0.05) is 12.1 Å². The number of carbonyl (C=O) groups is 1. The first-order valence-electron chi connectivity index (χ1n) is 6.30. The average molecular weight is 272 g/mol. The van der Waals surface area contributed by atoms with Gasteiger partial charge in [-0.3, -0.25) is 0 Å². The number of aromatic carboxylic acids is 1. The quantitative estimate of drug-likeness (QED) is 0.905. The number of benzene rings is 1. The number of aromatic nitrogens is 2. The molecule has 5 heteroatoms. The molecule has 0 aliphatic carbocycles. The van der Waals surface area contributed by atoms with Crippen molar-refractivity contribution in [3.05, 3.63) is 53.1 Å². The smallest absolute Gasteiger partial charge is 0.338 e. The van der Waals surface area contributed by atoms with Gasteiger partial charge in [0.1, 0.15) is 11.6 Å². The Morgan fingerprint density at radius 3 is 2.60 bits per heavy atom. The summed E-state index contributed by atoms with van der Waals surface area (Å²) in [6, 6.07) is 6.04. The highest BCUT2D eigenvalue weighted by Crippen LogP contribution is 2.19. The molecule has 0 saturated carbocycles. The van der Waals surface area contributed by atoms with Crippen molar-refractivity contribution in [1.82, 2.24) is 9.97 Å². The van der Waals surface area contributed by atoms with E-state index in [9.17, 15) is 4.79 Å². The minimum atomic E-state index is -1.02. The van der Waals surface area contributed by atoms with E-state index in [-0.39, 0.29) is 5.56 Å². The lowest BCUT2D eigenvalue weighted by Gasteiger charge is -2.09. The Balaban J connectivity index is 1.92. The molecule has 20 heavy (non-hydrogen) atoms. The van der Waals surface area contributed by atoms with Gasteiger partial charge in [0.2, 0.25) is 0 Å². The molecule has 0 bridgehead atoms. The molecule has 2 rings (SSSR count). The van der Waals surface area contributed by atoms with Gasteiger partial charge in [-0.15, -0.1) is 0 Å².